The van der Waals surface area contributed by atoms with E-state index in [4.69, 9.17) is 4.74 Å². The van der Waals surface area contributed by atoms with Crippen LogP contribution < -0.4 is 20.3 Å². The maximum absolute atomic E-state index is 13.8. The Morgan fingerprint density at radius 1 is 0.911 bits per heavy atom. The molecule has 1 fully saturated rings. The molecular weight excluding hydrogens is 601 g/mol. The zero-order chi connectivity index (χ0) is 31.7. The van der Waals surface area contributed by atoms with Crippen LogP contribution >= 0.6 is 0 Å². The molecule has 2 amide bonds. The molecule has 0 aliphatic carbocycles. The summed E-state index contributed by atoms with van der Waals surface area (Å²) in [5.41, 5.74) is 1.65. The molecule has 0 radical (unpaired) electrons. The molecule has 3 N–H and O–H groups in total. The molecule has 0 atom stereocenters. The van der Waals surface area contributed by atoms with E-state index in [1.54, 1.807) is 48.1 Å². The van der Waals surface area contributed by atoms with Crippen LogP contribution in [0.2, 0.25) is 0 Å². The Morgan fingerprint density at radius 3 is 2.42 bits per heavy atom. The van der Waals surface area contributed by atoms with Gasteiger partial charge in [-0.3, -0.25) is 15.2 Å². The van der Waals surface area contributed by atoms with E-state index in [2.05, 4.69) is 37.7 Å². The average molecular weight is 632 g/mol. The molecule has 2 aromatic heterocycles. The van der Waals surface area contributed by atoms with Crippen LogP contribution in [0.3, 0.4) is 0 Å². The zero-order valence-corrected chi connectivity index (χ0v) is 25.3. The molecule has 3 aromatic carbocycles. The Morgan fingerprint density at radius 2 is 1.69 bits per heavy atom. The molecule has 14 heteroatoms. The van der Waals surface area contributed by atoms with Gasteiger partial charge in [0.2, 0.25) is 15.7 Å². The number of piperazine rings is 1. The third-order valence-electron chi connectivity index (χ3n) is 7.63. The van der Waals surface area contributed by atoms with Gasteiger partial charge >= 0.3 is 6.09 Å². The molecular formula is C31H30FN7O5S. The lowest BCUT2D eigenvalue weighted by Gasteiger charge is -2.34. The predicted octanol–water partition coefficient (Wildman–Crippen LogP) is 4.49. The maximum atomic E-state index is 13.8. The van der Waals surface area contributed by atoms with Gasteiger partial charge in [-0.2, -0.15) is 5.10 Å². The van der Waals surface area contributed by atoms with Crippen LogP contribution in [0, 0.1) is 5.82 Å². The zero-order valence-electron chi connectivity index (χ0n) is 24.5. The normalized spacial score (nSPS) is 14.0. The summed E-state index contributed by atoms with van der Waals surface area (Å²) in [5.74, 6) is -0.877. The van der Waals surface area contributed by atoms with Crippen molar-refractivity contribution in [3.63, 3.8) is 0 Å². The lowest BCUT2D eigenvalue weighted by Crippen LogP contribution is -2.44. The van der Waals surface area contributed by atoms with Crippen molar-refractivity contribution >= 4 is 49.9 Å². The van der Waals surface area contributed by atoms with Gasteiger partial charge in [-0.05, 0) is 67.7 Å². The van der Waals surface area contributed by atoms with Crippen LogP contribution in [0.1, 0.15) is 10.4 Å². The number of hydrogen-bond acceptors (Lipinski definition) is 8. The quantitative estimate of drug-likeness (QED) is 0.239. The van der Waals surface area contributed by atoms with Crippen molar-refractivity contribution in [3.05, 3.63) is 90.4 Å². The van der Waals surface area contributed by atoms with Crippen molar-refractivity contribution in [1.82, 2.24) is 19.7 Å². The van der Waals surface area contributed by atoms with E-state index in [1.807, 2.05) is 0 Å². The summed E-state index contributed by atoms with van der Waals surface area (Å²) in [4.78, 5) is 30.6. The third-order valence-corrected chi connectivity index (χ3v) is 9.38. The monoisotopic (exact) mass is 631 g/mol. The maximum Gasteiger partial charge on any atom is 0.418 e. The number of amides is 2. The van der Waals surface area contributed by atoms with Crippen LogP contribution in [0.5, 0.6) is 5.88 Å². The van der Waals surface area contributed by atoms with Gasteiger partial charge < -0.3 is 24.4 Å². The van der Waals surface area contributed by atoms with Gasteiger partial charge in [-0.1, -0.05) is 6.07 Å². The van der Waals surface area contributed by atoms with Crippen LogP contribution in [0.25, 0.3) is 10.9 Å². The van der Waals surface area contributed by atoms with Gasteiger partial charge in [0.15, 0.2) is 5.82 Å². The van der Waals surface area contributed by atoms with Crippen LogP contribution in [0.4, 0.5) is 26.4 Å². The number of likely N-dealkylation sites (N-methyl/N-ethyl adjacent to an activating group) is 1. The number of sulfone groups is 1. The lowest BCUT2D eigenvalue weighted by molar-refractivity contribution is 0.102. The number of carbonyl (C=O) groups is 2. The first kappa shape index (κ1) is 29.8. The molecule has 0 saturated carbocycles. The SMILES string of the molecule is CN1CCN(c2ccc(C(=O)Nc3n[nH]c4ccc(S(=O)(=O)c5cccc(F)c5)cc34)c(NC(=O)Oc3cccn3C)c2)CC1. The van der Waals surface area contributed by atoms with E-state index in [0.717, 1.165) is 44.0 Å². The van der Waals surface area contributed by atoms with Gasteiger partial charge in [-0.25, -0.2) is 17.6 Å². The molecule has 3 heterocycles. The van der Waals surface area contributed by atoms with Gasteiger partial charge in [0.1, 0.15) is 5.82 Å². The topological polar surface area (TPSA) is 142 Å². The molecule has 0 unspecified atom stereocenters. The highest BCUT2D eigenvalue weighted by molar-refractivity contribution is 7.91. The van der Waals surface area contributed by atoms with Gasteiger partial charge in [-0.15, -0.1) is 0 Å². The number of nitrogens with one attached hydrogen (secondary N) is 3. The summed E-state index contributed by atoms with van der Waals surface area (Å²) < 4.78 is 47.3. The molecule has 0 bridgehead atoms. The van der Waals surface area contributed by atoms with Crippen molar-refractivity contribution < 1.29 is 27.1 Å². The number of H-pyrrole nitrogens is 1. The van der Waals surface area contributed by atoms with E-state index >= 15 is 0 Å². The van der Waals surface area contributed by atoms with E-state index in [-0.39, 0.29) is 26.9 Å². The van der Waals surface area contributed by atoms with Crippen molar-refractivity contribution in [3.8, 4) is 5.88 Å². The molecule has 1 saturated heterocycles. The van der Waals surface area contributed by atoms with E-state index in [0.29, 0.717) is 16.8 Å². The van der Waals surface area contributed by atoms with Crippen LogP contribution in [0.15, 0.2) is 88.8 Å². The highest BCUT2D eigenvalue weighted by Gasteiger charge is 2.23. The lowest BCUT2D eigenvalue weighted by atomic mass is 10.1. The molecule has 12 nitrogen and oxygen atoms in total. The molecule has 1 aliphatic rings. The smallest absolute Gasteiger partial charge is 0.393 e. The predicted molar refractivity (Wildman–Crippen MR) is 167 cm³/mol. The highest BCUT2D eigenvalue weighted by Crippen LogP contribution is 2.30. The largest absolute Gasteiger partial charge is 0.418 e. The van der Waals surface area contributed by atoms with Crippen molar-refractivity contribution in [2.24, 2.45) is 7.05 Å². The number of carbonyl (C=O) groups excluding carboxylic acids is 2. The first-order valence-corrected chi connectivity index (χ1v) is 15.5. The molecule has 232 valence electrons. The van der Waals surface area contributed by atoms with Gasteiger partial charge in [0.25, 0.3) is 5.91 Å². The number of hydrogen-bond donors (Lipinski definition) is 3. The van der Waals surface area contributed by atoms with Crippen molar-refractivity contribution in [2.75, 3.05) is 48.8 Å². The second-order valence-electron chi connectivity index (χ2n) is 10.7. The van der Waals surface area contributed by atoms with E-state index in [1.165, 1.54) is 30.3 Å². The summed E-state index contributed by atoms with van der Waals surface area (Å²) >= 11 is 0. The number of benzene rings is 3. The second-order valence-corrected chi connectivity index (χ2v) is 12.6. The number of aryl methyl sites for hydroxylation is 1. The summed E-state index contributed by atoms with van der Waals surface area (Å²) in [6, 6.07) is 17.5. The third kappa shape index (κ3) is 6.23. The average Bonchev–Trinajstić information content (AvgIpc) is 3.62. The first-order valence-electron chi connectivity index (χ1n) is 14.1. The Labute approximate surface area is 258 Å². The number of ether oxygens (including phenoxy) is 1. The Hall–Kier alpha value is -5.21. The number of rotatable bonds is 7. The Bertz CT molecular complexity index is 2020. The number of aromatic amines is 1. The summed E-state index contributed by atoms with van der Waals surface area (Å²) in [6.45, 7) is 3.28. The van der Waals surface area contributed by atoms with E-state index in [9.17, 15) is 22.4 Å². The minimum atomic E-state index is -4.06. The Kier molecular flexibility index (Phi) is 7.99. The van der Waals surface area contributed by atoms with Gasteiger partial charge in [0.05, 0.1) is 26.6 Å². The minimum Gasteiger partial charge on any atom is -0.393 e. The standard InChI is InChI=1S/C31H30FN7O5S/c1-37-13-15-39(16-14-37)21-8-10-24(27(18-21)33-31(41)44-28-7-4-12-38(28)2)30(40)34-29-25-19-23(9-11-26(25)35-36-29)45(42,43)22-6-3-5-20(32)17-22/h3-12,17-19H,13-16H2,1-2H3,(H,33,41)(H2,34,35,36,40). The summed E-state index contributed by atoms with van der Waals surface area (Å²) in [7, 11) is -0.271. The molecule has 1 aliphatic heterocycles. The van der Waals surface area contributed by atoms with Crippen LogP contribution in [-0.2, 0) is 16.9 Å². The van der Waals surface area contributed by atoms with Crippen molar-refractivity contribution in [2.45, 2.75) is 9.79 Å². The minimum absolute atomic E-state index is 0.0757. The summed E-state index contributed by atoms with van der Waals surface area (Å²) in [6.07, 6.45) is 0.956. The highest BCUT2D eigenvalue weighted by atomic mass is 32.2. The van der Waals surface area contributed by atoms with Crippen molar-refractivity contribution in [1.29, 1.82) is 0 Å². The number of anilines is 3. The fraction of sp³-hybridized carbons (Fsp3) is 0.194. The fourth-order valence-corrected chi connectivity index (χ4v) is 6.40. The second kappa shape index (κ2) is 12.1. The molecule has 45 heavy (non-hydrogen) atoms. The van der Waals surface area contributed by atoms with E-state index < -0.39 is 27.7 Å². The molecule has 0 spiro atoms. The van der Waals surface area contributed by atoms with Crippen LogP contribution in [-0.4, -0.2) is 73.3 Å². The number of aromatic nitrogens is 3. The molecule has 5 aromatic rings. The fourth-order valence-electron chi connectivity index (χ4n) is 5.08. The first-order chi connectivity index (χ1) is 21.6. The number of fused-ring (bicyclic) bond motifs is 1. The number of halogens is 1. The Balaban J connectivity index is 1.30. The summed E-state index contributed by atoms with van der Waals surface area (Å²) in [5, 5.41) is 12.7. The number of nitrogens with zero attached hydrogens (tertiary/aromatic N) is 4. The van der Waals surface area contributed by atoms with Gasteiger partial charge in [0, 0.05) is 56.6 Å². The molecule has 6 rings (SSSR count).